The molecule has 0 aliphatic heterocycles. The standard InChI is InChI=1S/C14H17F3N2O2/c1-13(12(20)21)8-3-2-5-9(13)18-11-7-4-6-10(19-11)14(15,16)17/h4,6-7,9H,2-3,5,8H2,1H3,(H,18,19)(H,20,21). The normalized spacial score (nSPS) is 26.4. The number of hydrogen-bond donors (Lipinski definition) is 2. The number of carboxylic acids is 1. The van der Waals surface area contributed by atoms with Crippen molar-refractivity contribution in [2.24, 2.45) is 5.41 Å². The van der Waals surface area contributed by atoms with E-state index in [-0.39, 0.29) is 5.82 Å². The Hall–Kier alpha value is -1.79. The minimum Gasteiger partial charge on any atom is -0.481 e. The monoisotopic (exact) mass is 302 g/mol. The van der Waals surface area contributed by atoms with Crippen molar-refractivity contribution in [1.82, 2.24) is 4.98 Å². The maximum Gasteiger partial charge on any atom is 0.433 e. The van der Waals surface area contributed by atoms with E-state index in [9.17, 15) is 23.1 Å². The van der Waals surface area contributed by atoms with Crippen molar-refractivity contribution in [1.29, 1.82) is 0 Å². The molecule has 0 amide bonds. The summed E-state index contributed by atoms with van der Waals surface area (Å²) in [6, 6.07) is 3.15. The van der Waals surface area contributed by atoms with Crippen LogP contribution in [0.3, 0.4) is 0 Å². The van der Waals surface area contributed by atoms with Gasteiger partial charge in [-0.25, -0.2) is 4.98 Å². The van der Waals surface area contributed by atoms with E-state index in [1.807, 2.05) is 0 Å². The summed E-state index contributed by atoms with van der Waals surface area (Å²) < 4.78 is 37.9. The van der Waals surface area contributed by atoms with Gasteiger partial charge in [0.1, 0.15) is 11.5 Å². The fourth-order valence-electron chi connectivity index (χ4n) is 2.67. The van der Waals surface area contributed by atoms with Gasteiger partial charge in [-0.2, -0.15) is 13.2 Å². The van der Waals surface area contributed by atoms with Crippen molar-refractivity contribution >= 4 is 11.8 Å². The van der Waals surface area contributed by atoms with Crippen LogP contribution in [0.15, 0.2) is 18.2 Å². The highest BCUT2D eigenvalue weighted by molar-refractivity contribution is 5.76. The summed E-state index contributed by atoms with van der Waals surface area (Å²) in [6.45, 7) is 1.62. The van der Waals surface area contributed by atoms with Crippen molar-refractivity contribution < 1.29 is 23.1 Å². The van der Waals surface area contributed by atoms with Gasteiger partial charge in [0.25, 0.3) is 0 Å². The SMILES string of the molecule is CC1(C(=O)O)CCCCC1Nc1cccc(C(F)(F)F)n1. The van der Waals surface area contributed by atoms with Crippen LogP contribution in [-0.4, -0.2) is 22.1 Å². The number of aromatic nitrogens is 1. The van der Waals surface area contributed by atoms with Gasteiger partial charge in [-0.05, 0) is 31.9 Å². The molecule has 1 aliphatic rings. The summed E-state index contributed by atoms with van der Waals surface area (Å²) >= 11 is 0. The molecule has 116 valence electrons. The van der Waals surface area contributed by atoms with Crippen LogP contribution in [-0.2, 0) is 11.0 Å². The molecule has 2 rings (SSSR count). The second kappa shape index (κ2) is 5.54. The molecule has 0 spiro atoms. The predicted octanol–water partition coefficient (Wildman–Crippen LogP) is 3.55. The van der Waals surface area contributed by atoms with Crippen LogP contribution in [0.4, 0.5) is 19.0 Å². The molecule has 1 saturated carbocycles. The van der Waals surface area contributed by atoms with E-state index < -0.39 is 29.3 Å². The number of hydrogen-bond acceptors (Lipinski definition) is 3. The number of halogens is 3. The van der Waals surface area contributed by atoms with Crippen LogP contribution in [0.1, 0.15) is 38.3 Å². The van der Waals surface area contributed by atoms with E-state index in [0.717, 1.165) is 18.9 Å². The van der Waals surface area contributed by atoms with E-state index in [1.165, 1.54) is 12.1 Å². The first-order valence-electron chi connectivity index (χ1n) is 6.78. The van der Waals surface area contributed by atoms with E-state index in [0.29, 0.717) is 12.8 Å². The molecule has 1 heterocycles. The topological polar surface area (TPSA) is 62.2 Å². The third kappa shape index (κ3) is 3.28. The third-order valence-electron chi connectivity index (χ3n) is 4.06. The molecular formula is C14H17F3N2O2. The predicted molar refractivity (Wildman–Crippen MR) is 70.9 cm³/mol. The van der Waals surface area contributed by atoms with Crippen molar-refractivity contribution in [2.45, 2.75) is 44.8 Å². The summed E-state index contributed by atoms with van der Waals surface area (Å²) in [5.74, 6) is -0.879. The fourth-order valence-corrected chi connectivity index (χ4v) is 2.67. The summed E-state index contributed by atoms with van der Waals surface area (Å²) in [7, 11) is 0. The van der Waals surface area contributed by atoms with Crippen LogP contribution in [0.5, 0.6) is 0 Å². The average Bonchev–Trinajstić information content (AvgIpc) is 2.41. The Bertz CT molecular complexity index is 533. The Morgan fingerprint density at radius 2 is 2.14 bits per heavy atom. The molecule has 4 nitrogen and oxygen atoms in total. The van der Waals surface area contributed by atoms with E-state index >= 15 is 0 Å². The van der Waals surface area contributed by atoms with Crippen molar-refractivity contribution in [3.63, 3.8) is 0 Å². The number of nitrogens with one attached hydrogen (secondary N) is 1. The quantitative estimate of drug-likeness (QED) is 0.896. The Kier molecular flexibility index (Phi) is 4.11. The number of nitrogens with zero attached hydrogens (tertiary/aromatic N) is 1. The minimum absolute atomic E-state index is 0.0594. The van der Waals surface area contributed by atoms with Gasteiger partial charge in [-0.3, -0.25) is 4.79 Å². The minimum atomic E-state index is -4.51. The lowest BCUT2D eigenvalue weighted by atomic mass is 9.71. The molecule has 2 unspecified atom stereocenters. The van der Waals surface area contributed by atoms with Gasteiger partial charge < -0.3 is 10.4 Å². The summed E-state index contributed by atoms with van der Waals surface area (Å²) in [4.78, 5) is 15.0. The lowest BCUT2D eigenvalue weighted by Crippen LogP contribution is -2.46. The number of pyridine rings is 1. The molecular weight excluding hydrogens is 285 g/mol. The molecule has 2 atom stereocenters. The van der Waals surface area contributed by atoms with Gasteiger partial charge in [0, 0.05) is 6.04 Å². The molecule has 0 aromatic carbocycles. The van der Waals surface area contributed by atoms with Crippen molar-refractivity contribution in [3.05, 3.63) is 23.9 Å². The van der Waals surface area contributed by atoms with Gasteiger partial charge >= 0.3 is 12.1 Å². The fraction of sp³-hybridized carbons (Fsp3) is 0.571. The first-order valence-corrected chi connectivity index (χ1v) is 6.78. The van der Waals surface area contributed by atoms with Gasteiger partial charge in [-0.15, -0.1) is 0 Å². The van der Waals surface area contributed by atoms with Crippen molar-refractivity contribution in [3.8, 4) is 0 Å². The van der Waals surface area contributed by atoms with Crippen LogP contribution in [0.25, 0.3) is 0 Å². The summed E-state index contributed by atoms with van der Waals surface area (Å²) in [5, 5.41) is 12.3. The maximum atomic E-state index is 12.6. The zero-order valence-electron chi connectivity index (χ0n) is 11.6. The maximum absolute atomic E-state index is 12.6. The Labute approximate surface area is 120 Å². The van der Waals surface area contributed by atoms with Gasteiger partial charge in [0.05, 0.1) is 5.41 Å². The number of carboxylic acid groups (broad SMARTS) is 1. The Morgan fingerprint density at radius 3 is 2.76 bits per heavy atom. The first kappa shape index (κ1) is 15.6. The molecule has 0 radical (unpaired) electrons. The molecule has 1 fully saturated rings. The third-order valence-corrected chi connectivity index (χ3v) is 4.06. The molecule has 0 bridgehead atoms. The molecule has 2 N–H and O–H groups in total. The van der Waals surface area contributed by atoms with Gasteiger partial charge in [0.2, 0.25) is 0 Å². The van der Waals surface area contributed by atoms with Crippen LogP contribution in [0.2, 0.25) is 0 Å². The average molecular weight is 302 g/mol. The van der Waals surface area contributed by atoms with E-state index in [1.54, 1.807) is 6.92 Å². The van der Waals surface area contributed by atoms with Gasteiger partial charge in [0.15, 0.2) is 0 Å². The van der Waals surface area contributed by atoms with Crippen molar-refractivity contribution in [2.75, 3.05) is 5.32 Å². The summed E-state index contributed by atoms with van der Waals surface area (Å²) in [5.41, 5.74) is -1.98. The first-order chi connectivity index (χ1) is 9.73. The number of anilines is 1. The highest BCUT2D eigenvalue weighted by atomic mass is 19.4. The zero-order chi connectivity index (χ0) is 15.7. The molecule has 7 heteroatoms. The number of alkyl halides is 3. The molecule has 0 saturated heterocycles. The Balaban J connectivity index is 2.22. The summed E-state index contributed by atoms with van der Waals surface area (Å²) in [6.07, 6.45) is -1.77. The molecule has 1 aliphatic carbocycles. The molecule has 1 aromatic heterocycles. The second-order valence-electron chi connectivity index (χ2n) is 5.57. The van der Waals surface area contributed by atoms with Crippen LogP contribution in [0, 0.1) is 5.41 Å². The largest absolute Gasteiger partial charge is 0.481 e. The highest BCUT2D eigenvalue weighted by Crippen LogP contribution is 2.38. The smallest absolute Gasteiger partial charge is 0.433 e. The number of rotatable bonds is 3. The lowest BCUT2D eigenvalue weighted by molar-refractivity contribution is -0.150. The van der Waals surface area contributed by atoms with Crippen LogP contribution >= 0.6 is 0 Å². The van der Waals surface area contributed by atoms with Crippen LogP contribution < -0.4 is 5.32 Å². The van der Waals surface area contributed by atoms with E-state index in [4.69, 9.17) is 0 Å². The second-order valence-corrected chi connectivity index (χ2v) is 5.57. The number of aliphatic carboxylic acids is 1. The number of carbonyl (C=O) groups is 1. The van der Waals surface area contributed by atoms with E-state index in [2.05, 4.69) is 10.3 Å². The molecule has 1 aromatic rings. The Morgan fingerprint density at radius 1 is 1.43 bits per heavy atom. The highest BCUT2D eigenvalue weighted by Gasteiger charge is 2.43. The van der Waals surface area contributed by atoms with Gasteiger partial charge in [-0.1, -0.05) is 18.9 Å². The lowest BCUT2D eigenvalue weighted by Gasteiger charge is -2.38. The zero-order valence-corrected chi connectivity index (χ0v) is 11.6. The molecule has 21 heavy (non-hydrogen) atoms.